The number of hydrogen-bond donors (Lipinski definition) is 0. The summed E-state index contributed by atoms with van der Waals surface area (Å²) >= 11 is 0. The summed E-state index contributed by atoms with van der Waals surface area (Å²) in [5.74, 6) is 0.264. The molecular weight excluding hydrogens is 150 g/mol. The van der Waals surface area contributed by atoms with E-state index in [4.69, 9.17) is 0 Å². The molecule has 0 aromatic carbocycles. The van der Waals surface area contributed by atoms with E-state index in [9.17, 15) is 4.79 Å². The van der Waals surface area contributed by atoms with E-state index in [0.717, 1.165) is 31.5 Å². The van der Waals surface area contributed by atoms with E-state index in [0.29, 0.717) is 0 Å². The molecule has 2 nitrogen and oxygen atoms in total. The summed E-state index contributed by atoms with van der Waals surface area (Å²) in [6.45, 7) is 5.80. The molecule has 1 aliphatic rings. The average Bonchev–Trinajstić information content (AvgIpc) is 2.03. The smallest absolute Gasteiger partial charge is 0.155 e. The van der Waals surface area contributed by atoms with Gasteiger partial charge in [0.25, 0.3) is 0 Å². The molecule has 1 rings (SSSR count). The number of ketones is 1. The van der Waals surface area contributed by atoms with E-state index in [1.54, 1.807) is 6.92 Å². The molecule has 0 saturated heterocycles. The van der Waals surface area contributed by atoms with Gasteiger partial charge < -0.3 is 4.90 Å². The first-order chi connectivity index (χ1) is 5.65. The van der Waals surface area contributed by atoms with Crippen LogP contribution in [0.1, 0.15) is 26.7 Å². The minimum atomic E-state index is 0.264. The molecule has 0 aromatic rings. The Kier molecular flexibility index (Phi) is 3.04. The standard InChI is InChI=1S/C10H17NO/c1-4-9-7-11(3)6-5-10(9)8(2)12/h4-7H2,1-3H3. The highest BCUT2D eigenvalue weighted by Crippen LogP contribution is 2.19. The van der Waals surface area contributed by atoms with Gasteiger partial charge >= 0.3 is 0 Å². The third-order valence-corrected chi connectivity index (χ3v) is 2.48. The Hall–Kier alpha value is -0.630. The monoisotopic (exact) mass is 167 g/mol. The first-order valence-corrected chi connectivity index (χ1v) is 4.55. The number of carbonyl (C=O) groups is 1. The normalized spacial score (nSPS) is 19.9. The Labute approximate surface area is 74.2 Å². The SMILES string of the molecule is CCC1=C(C(C)=O)CCN(C)C1. The van der Waals surface area contributed by atoms with Crippen molar-refractivity contribution < 1.29 is 4.79 Å². The topological polar surface area (TPSA) is 20.3 Å². The highest BCUT2D eigenvalue weighted by Gasteiger charge is 2.17. The van der Waals surface area contributed by atoms with Gasteiger partial charge in [0.2, 0.25) is 0 Å². The fourth-order valence-electron chi connectivity index (χ4n) is 1.73. The summed E-state index contributed by atoms with van der Waals surface area (Å²) in [5.41, 5.74) is 2.41. The Morgan fingerprint density at radius 2 is 2.25 bits per heavy atom. The van der Waals surface area contributed by atoms with Crippen LogP contribution in [0.2, 0.25) is 0 Å². The number of carbonyl (C=O) groups excluding carboxylic acids is 1. The predicted molar refractivity (Wildman–Crippen MR) is 50.1 cm³/mol. The lowest BCUT2D eigenvalue weighted by molar-refractivity contribution is -0.113. The fraction of sp³-hybridized carbons (Fsp3) is 0.700. The van der Waals surface area contributed by atoms with E-state index < -0.39 is 0 Å². The zero-order valence-corrected chi connectivity index (χ0v) is 8.18. The van der Waals surface area contributed by atoms with Gasteiger partial charge in [0, 0.05) is 13.1 Å². The van der Waals surface area contributed by atoms with Crippen LogP contribution in [0.5, 0.6) is 0 Å². The highest BCUT2D eigenvalue weighted by atomic mass is 16.1. The van der Waals surface area contributed by atoms with Crippen molar-refractivity contribution in [1.29, 1.82) is 0 Å². The van der Waals surface area contributed by atoms with E-state index in [2.05, 4.69) is 18.9 Å². The molecule has 1 heterocycles. The van der Waals surface area contributed by atoms with Crippen LogP contribution < -0.4 is 0 Å². The van der Waals surface area contributed by atoms with Gasteiger partial charge in [-0.05, 0) is 38.0 Å². The second-order valence-electron chi connectivity index (χ2n) is 3.48. The minimum absolute atomic E-state index is 0.264. The van der Waals surface area contributed by atoms with Gasteiger partial charge in [0.15, 0.2) is 5.78 Å². The van der Waals surface area contributed by atoms with Gasteiger partial charge in [-0.3, -0.25) is 4.79 Å². The van der Waals surface area contributed by atoms with E-state index in [1.165, 1.54) is 5.57 Å². The predicted octanol–water partition coefficient (Wildman–Crippen LogP) is 1.62. The molecule has 0 spiro atoms. The third-order valence-electron chi connectivity index (χ3n) is 2.48. The fourth-order valence-corrected chi connectivity index (χ4v) is 1.73. The van der Waals surface area contributed by atoms with Crippen molar-refractivity contribution in [2.24, 2.45) is 0 Å². The lowest BCUT2D eigenvalue weighted by atomic mass is 9.96. The molecule has 0 amide bonds. The number of nitrogens with zero attached hydrogens (tertiary/aromatic N) is 1. The van der Waals surface area contributed by atoms with Crippen LogP contribution in [0.15, 0.2) is 11.1 Å². The van der Waals surface area contributed by atoms with Crippen LogP contribution in [0.25, 0.3) is 0 Å². The lowest BCUT2D eigenvalue weighted by Gasteiger charge is -2.26. The Morgan fingerprint density at radius 1 is 1.58 bits per heavy atom. The van der Waals surface area contributed by atoms with Crippen LogP contribution in [0, 0.1) is 0 Å². The van der Waals surface area contributed by atoms with Crippen molar-refractivity contribution in [2.75, 3.05) is 20.1 Å². The van der Waals surface area contributed by atoms with Gasteiger partial charge in [-0.2, -0.15) is 0 Å². The summed E-state index contributed by atoms with van der Waals surface area (Å²) in [5, 5.41) is 0. The average molecular weight is 167 g/mol. The van der Waals surface area contributed by atoms with Crippen LogP contribution in [-0.4, -0.2) is 30.8 Å². The molecule has 0 saturated carbocycles. The molecule has 0 unspecified atom stereocenters. The van der Waals surface area contributed by atoms with Crippen molar-refractivity contribution in [3.63, 3.8) is 0 Å². The molecular formula is C10H17NO. The number of likely N-dealkylation sites (N-methyl/N-ethyl adjacent to an activating group) is 1. The van der Waals surface area contributed by atoms with Gasteiger partial charge in [-0.15, -0.1) is 0 Å². The van der Waals surface area contributed by atoms with Crippen molar-refractivity contribution in [2.45, 2.75) is 26.7 Å². The number of Topliss-reactive ketones (excluding diaryl/α,β-unsaturated/α-hetero) is 1. The van der Waals surface area contributed by atoms with Gasteiger partial charge in [0.05, 0.1) is 0 Å². The summed E-state index contributed by atoms with van der Waals surface area (Å²) in [4.78, 5) is 13.5. The second kappa shape index (κ2) is 3.85. The molecule has 0 aliphatic carbocycles. The van der Waals surface area contributed by atoms with Gasteiger partial charge in [-0.1, -0.05) is 6.92 Å². The molecule has 0 radical (unpaired) electrons. The van der Waals surface area contributed by atoms with Gasteiger partial charge in [0.1, 0.15) is 0 Å². The number of rotatable bonds is 2. The Balaban J connectivity index is 2.83. The first kappa shape index (κ1) is 9.46. The third kappa shape index (κ3) is 1.95. The zero-order chi connectivity index (χ0) is 9.14. The molecule has 0 fully saturated rings. The quantitative estimate of drug-likeness (QED) is 0.623. The van der Waals surface area contributed by atoms with Gasteiger partial charge in [-0.25, -0.2) is 0 Å². The van der Waals surface area contributed by atoms with Crippen molar-refractivity contribution in [3.05, 3.63) is 11.1 Å². The summed E-state index contributed by atoms with van der Waals surface area (Å²) in [7, 11) is 2.10. The van der Waals surface area contributed by atoms with Crippen LogP contribution in [-0.2, 0) is 4.79 Å². The molecule has 0 aromatic heterocycles. The highest BCUT2D eigenvalue weighted by molar-refractivity contribution is 5.94. The largest absolute Gasteiger partial charge is 0.302 e. The van der Waals surface area contributed by atoms with Crippen LogP contribution >= 0.6 is 0 Å². The number of hydrogen-bond acceptors (Lipinski definition) is 2. The van der Waals surface area contributed by atoms with Crippen LogP contribution in [0.4, 0.5) is 0 Å². The molecule has 1 aliphatic heterocycles. The Bertz CT molecular complexity index is 218. The molecule has 0 atom stereocenters. The summed E-state index contributed by atoms with van der Waals surface area (Å²) in [6.07, 6.45) is 1.95. The Morgan fingerprint density at radius 3 is 2.75 bits per heavy atom. The van der Waals surface area contributed by atoms with Crippen molar-refractivity contribution in [3.8, 4) is 0 Å². The molecule has 68 valence electrons. The lowest BCUT2D eigenvalue weighted by Crippen LogP contribution is -2.29. The maximum Gasteiger partial charge on any atom is 0.155 e. The van der Waals surface area contributed by atoms with E-state index >= 15 is 0 Å². The van der Waals surface area contributed by atoms with Crippen molar-refractivity contribution >= 4 is 5.78 Å². The van der Waals surface area contributed by atoms with E-state index in [-0.39, 0.29) is 5.78 Å². The molecule has 0 bridgehead atoms. The molecule has 2 heteroatoms. The molecule has 0 N–H and O–H groups in total. The molecule has 12 heavy (non-hydrogen) atoms. The summed E-state index contributed by atoms with van der Waals surface area (Å²) < 4.78 is 0. The second-order valence-corrected chi connectivity index (χ2v) is 3.48. The van der Waals surface area contributed by atoms with Crippen LogP contribution in [0.3, 0.4) is 0 Å². The summed E-state index contributed by atoms with van der Waals surface area (Å²) in [6, 6.07) is 0. The zero-order valence-electron chi connectivity index (χ0n) is 8.18. The van der Waals surface area contributed by atoms with Crippen molar-refractivity contribution in [1.82, 2.24) is 4.90 Å². The van der Waals surface area contributed by atoms with E-state index in [1.807, 2.05) is 0 Å². The maximum absolute atomic E-state index is 11.2. The minimum Gasteiger partial charge on any atom is -0.302 e. The maximum atomic E-state index is 11.2. The first-order valence-electron chi connectivity index (χ1n) is 4.55.